The summed E-state index contributed by atoms with van der Waals surface area (Å²) in [5.74, 6) is 0. The van der Waals surface area contributed by atoms with Crippen LogP contribution in [0.4, 0.5) is 8.96 Å². The van der Waals surface area contributed by atoms with Gasteiger partial charge in [-0.2, -0.15) is 0 Å². The molecule has 0 aromatic carbocycles. The Morgan fingerprint density at radius 2 is 1.31 bits per heavy atom. The number of halogens is 2. The molecule has 0 radical (unpaired) electrons. The maximum absolute atomic E-state index is 13.0. The molecule has 0 unspecified atom stereocenters. The summed E-state index contributed by atoms with van der Waals surface area (Å²) in [4.78, 5) is -1.78. The summed E-state index contributed by atoms with van der Waals surface area (Å²) >= 11 is 0. The van der Waals surface area contributed by atoms with Gasteiger partial charge in [-0.1, -0.05) is 33.1 Å². The number of quaternary nitrogens is 1. The van der Waals surface area contributed by atoms with Crippen LogP contribution in [0.2, 0.25) is 0 Å². The summed E-state index contributed by atoms with van der Waals surface area (Å²) < 4.78 is 26.0. The van der Waals surface area contributed by atoms with E-state index in [1.807, 2.05) is 6.92 Å². The second-order valence-corrected chi connectivity index (χ2v) is 3.63. The van der Waals surface area contributed by atoms with E-state index in [-0.39, 0.29) is 13.1 Å². The molecule has 0 aliphatic carbocycles. The van der Waals surface area contributed by atoms with Crippen LogP contribution >= 0.6 is 0 Å². The van der Waals surface area contributed by atoms with E-state index in [1.165, 1.54) is 0 Å². The van der Waals surface area contributed by atoms with Gasteiger partial charge in [-0.15, -0.1) is 0 Å². The van der Waals surface area contributed by atoms with E-state index < -0.39 is 4.93 Å². The lowest BCUT2D eigenvalue weighted by molar-refractivity contribution is -1.17. The van der Waals surface area contributed by atoms with E-state index in [2.05, 4.69) is 6.92 Å². The predicted octanol–water partition coefficient (Wildman–Crippen LogP) is 3.95. The van der Waals surface area contributed by atoms with Crippen LogP contribution in [0, 0.1) is 0 Å². The van der Waals surface area contributed by atoms with E-state index in [1.54, 1.807) is 0 Å². The van der Waals surface area contributed by atoms with Crippen LogP contribution in [0.3, 0.4) is 0 Å². The molecule has 0 N–H and O–H groups in total. The summed E-state index contributed by atoms with van der Waals surface area (Å²) in [7, 11) is 0. The molecule has 0 heterocycles. The van der Waals surface area contributed by atoms with E-state index in [0.29, 0.717) is 12.8 Å². The Hall–Kier alpha value is -0.180. The van der Waals surface area contributed by atoms with Crippen molar-refractivity contribution in [2.45, 2.75) is 52.4 Å². The molecule has 0 atom stereocenters. The van der Waals surface area contributed by atoms with E-state index in [4.69, 9.17) is 0 Å². The van der Waals surface area contributed by atoms with Crippen molar-refractivity contribution in [3.8, 4) is 0 Å². The number of hydrogen-bond acceptors (Lipinski definition) is 0. The average Bonchev–Trinajstić information content (AvgIpc) is 2.09. The molecule has 0 rings (SSSR count). The topological polar surface area (TPSA) is 0 Å². The van der Waals surface area contributed by atoms with Crippen molar-refractivity contribution in [1.29, 1.82) is 0 Å². The molecule has 80 valence electrons. The van der Waals surface area contributed by atoms with Crippen LogP contribution in [0.25, 0.3) is 0 Å². The van der Waals surface area contributed by atoms with Gasteiger partial charge >= 0.3 is 0 Å². The van der Waals surface area contributed by atoms with E-state index >= 15 is 0 Å². The summed E-state index contributed by atoms with van der Waals surface area (Å²) in [6.45, 7) is 4.07. The largest absolute Gasteiger partial charge is 0.155 e. The van der Waals surface area contributed by atoms with E-state index in [9.17, 15) is 8.96 Å². The third-order valence-electron chi connectivity index (χ3n) is 2.18. The Bertz CT molecular complexity index is 115. The second-order valence-electron chi connectivity index (χ2n) is 3.63. The zero-order chi connectivity index (χ0) is 10.2. The fraction of sp³-hybridized carbons (Fsp3) is 1.00. The minimum absolute atomic E-state index is 0.0165. The Morgan fingerprint density at radius 3 is 1.85 bits per heavy atom. The normalized spacial score (nSPS) is 12.0. The van der Waals surface area contributed by atoms with Gasteiger partial charge < -0.3 is 0 Å². The molecule has 0 saturated carbocycles. The number of nitrogens with zero attached hydrogens (tertiary/aromatic N) is 1. The van der Waals surface area contributed by atoms with Crippen LogP contribution in [0.1, 0.15) is 52.4 Å². The van der Waals surface area contributed by atoms with Gasteiger partial charge in [-0.25, -0.2) is 0 Å². The minimum Gasteiger partial charge on any atom is -0.0654 e. The Kier molecular flexibility index (Phi) is 7.14. The molecule has 0 spiro atoms. The third kappa shape index (κ3) is 8.16. The zero-order valence-electron chi connectivity index (χ0n) is 8.86. The minimum atomic E-state index is -1.78. The first-order valence-electron chi connectivity index (χ1n) is 5.38. The summed E-state index contributed by atoms with van der Waals surface area (Å²) in [6, 6.07) is 0. The Morgan fingerprint density at radius 1 is 0.769 bits per heavy atom. The fourth-order valence-corrected chi connectivity index (χ4v) is 1.27. The molecular formula is C10H22F2N+. The zero-order valence-corrected chi connectivity index (χ0v) is 8.86. The second kappa shape index (κ2) is 7.25. The third-order valence-corrected chi connectivity index (χ3v) is 2.18. The lowest BCUT2D eigenvalue weighted by Crippen LogP contribution is -2.32. The molecule has 0 fully saturated rings. The molecule has 0 aromatic rings. The van der Waals surface area contributed by atoms with Crippen LogP contribution in [0.5, 0.6) is 0 Å². The first-order chi connectivity index (χ1) is 6.12. The first kappa shape index (κ1) is 12.8. The molecule has 0 bridgehead atoms. The molecule has 0 aromatic heterocycles. The lowest BCUT2D eigenvalue weighted by atomic mass is 10.2. The molecular weight excluding hydrogens is 172 g/mol. The number of unbranched alkanes of at least 4 members (excludes halogenated alkanes) is 4. The van der Waals surface area contributed by atoms with Crippen molar-refractivity contribution in [2.24, 2.45) is 0 Å². The van der Waals surface area contributed by atoms with Gasteiger partial charge in [0.25, 0.3) is 0 Å². The van der Waals surface area contributed by atoms with Gasteiger partial charge in [0.2, 0.25) is 0 Å². The molecule has 1 nitrogen and oxygen atoms in total. The SMILES string of the molecule is CCCCCC[N+](F)(F)CCCC. The highest BCUT2D eigenvalue weighted by molar-refractivity contribution is 4.38. The standard InChI is InChI=1S/C10H22F2N/c1-3-5-7-8-10-13(11,12)9-6-4-2/h3-10H2,1-2H3/q+1. The number of rotatable bonds is 8. The average molecular weight is 194 g/mol. The van der Waals surface area contributed by atoms with Gasteiger partial charge in [-0.05, 0) is 6.42 Å². The van der Waals surface area contributed by atoms with Crippen LogP contribution < -0.4 is 0 Å². The molecule has 0 aliphatic rings. The monoisotopic (exact) mass is 194 g/mol. The Balaban J connectivity index is 3.39. The van der Waals surface area contributed by atoms with Crippen LogP contribution in [0.15, 0.2) is 0 Å². The highest BCUT2D eigenvalue weighted by atomic mass is 19.4. The summed E-state index contributed by atoms with van der Waals surface area (Å²) in [6.07, 6.45) is 5.26. The highest BCUT2D eigenvalue weighted by Gasteiger charge is 2.27. The van der Waals surface area contributed by atoms with Crippen molar-refractivity contribution in [3.63, 3.8) is 0 Å². The van der Waals surface area contributed by atoms with Crippen LogP contribution in [-0.2, 0) is 0 Å². The maximum Gasteiger partial charge on any atom is 0.155 e. The summed E-state index contributed by atoms with van der Waals surface area (Å²) in [5, 5.41) is 0. The van der Waals surface area contributed by atoms with Crippen molar-refractivity contribution < 1.29 is 13.9 Å². The molecule has 13 heavy (non-hydrogen) atoms. The summed E-state index contributed by atoms with van der Waals surface area (Å²) in [5.41, 5.74) is 0. The molecule has 3 heteroatoms. The maximum atomic E-state index is 13.0. The Labute approximate surface area is 80.2 Å². The first-order valence-corrected chi connectivity index (χ1v) is 5.38. The van der Waals surface area contributed by atoms with Gasteiger partial charge in [0.1, 0.15) is 0 Å². The van der Waals surface area contributed by atoms with Crippen LogP contribution in [-0.4, -0.2) is 18.0 Å². The highest BCUT2D eigenvalue weighted by Crippen LogP contribution is 2.14. The molecule has 0 amide bonds. The van der Waals surface area contributed by atoms with Gasteiger partial charge in [-0.3, -0.25) is 0 Å². The van der Waals surface area contributed by atoms with Crippen molar-refractivity contribution in [3.05, 3.63) is 0 Å². The lowest BCUT2D eigenvalue weighted by Gasteiger charge is -2.12. The van der Waals surface area contributed by atoms with Gasteiger partial charge in [0, 0.05) is 21.8 Å². The predicted molar refractivity (Wildman–Crippen MR) is 51.3 cm³/mol. The quantitative estimate of drug-likeness (QED) is 0.405. The van der Waals surface area contributed by atoms with Gasteiger partial charge in [0.05, 0.1) is 4.93 Å². The van der Waals surface area contributed by atoms with Crippen molar-refractivity contribution in [2.75, 3.05) is 13.1 Å². The van der Waals surface area contributed by atoms with Crippen molar-refractivity contribution >= 4 is 0 Å². The smallest absolute Gasteiger partial charge is 0.0654 e. The molecule has 0 saturated heterocycles. The van der Waals surface area contributed by atoms with E-state index in [0.717, 1.165) is 25.7 Å². The fourth-order valence-electron chi connectivity index (χ4n) is 1.27. The van der Waals surface area contributed by atoms with Crippen molar-refractivity contribution in [1.82, 2.24) is 0 Å². The van der Waals surface area contributed by atoms with Gasteiger partial charge in [0.15, 0.2) is 13.1 Å². The molecule has 0 aliphatic heterocycles. The number of hydrogen-bond donors (Lipinski definition) is 0.